The number of halogens is 3. The molecule has 1 aromatic heterocycles. The largest absolute Gasteiger partial charge is 0.422 e. The first kappa shape index (κ1) is 21.8. The molecule has 1 aliphatic heterocycles. The van der Waals surface area contributed by atoms with E-state index in [0.717, 1.165) is 10.5 Å². The van der Waals surface area contributed by atoms with Gasteiger partial charge in [-0.1, -0.05) is 31.2 Å². The van der Waals surface area contributed by atoms with Crippen molar-refractivity contribution in [1.82, 2.24) is 9.97 Å². The van der Waals surface area contributed by atoms with Crippen LogP contribution in [0.3, 0.4) is 0 Å². The number of hydrogen-bond acceptors (Lipinski definition) is 5. The zero-order chi connectivity index (χ0) is 22.3. The van der Waals surface area contributed by atoms with Crippen molar-refractivity contribution in [2.75, 3.05) is 5.75 Å². The van der Waals surface area contributed by atoms with Crippen LogP contribution in [-0.2, 0) is 5.41 Å². The van der Waals surface area contributed by atoms with Gasteiger partial charge in [-0.25, -0.2) is 9.97 Å². The van der Waals surface area contributed by atoms with E-state index >= 15 is 0 Å². The van der Waals surface area contributed by atoms with Gasteiger partial charge in [-0.05, 0) is 54.7 Å². The lowest BCUT2D eigenvalue weighted by Crippen LogP contribution is -2.51. The van der Waals surface area contributed by atoms with Crippen LogP contribution in [0.4, 0.5) is 18.9 Å². The Morgan fingerprint density at radius 3 is 2.74 bits per heavy atom. The van der Waals surface area contributed by atoms with Crippen molar-refractivity contribution in [2.24, 2.45) is 4.99 Å². The smallest absolute Gasteiger partial charge is 0.376 e. The van der Waals surface area contributed by atoms with Crippen LogP contribution in [0.1, 0.15) is 31.2 Å². The molecule has 2 atom stereocenters. The highest BCUT2D eigenvalue weighted by molar-refractivity contribution is 7.99. The van der Waals surface area contributed by atoms with Crippen LogP contribution in [0.2, 0.25) is 0 Å². The normalized spacial score (nSPS) is 21.2. The van der Waals surface area contributed by atoms with E-state index in [9.17, 15) is 18.3 Å². The van der Waals surface area contributed by atoms with Gasteiger partial charge in [0.05, 0.1) is 11.2 Å². The average Bonchev–Trinajstić information content (AvgIpc) is 2.71. The molecule has 0 spiro atoms. The summed E-state index contributed by atoms with van der Waals surface area (Å²) in [6, 6.07) is 12.5. The molecule has 0 aliphatic carbocycles. The second-order valence-corrected chi connectivity index (χ2v) is 9.28. The molecule has 1 aliphatic rings. The van der Waals surface area contributed by atoms with E-state index in [1.807, 2.05) is 24.3 Å². The van der Waals surface area contributed by atoms with Crippen molar-refractivity contribution in [3.05, 3.63) is 60.0 Å². The zero-order valence-electron chi connectivity index (χ0n) is 17.1. The van der Waals surface area contributed by atoms with Crippen LogP contribution in [0.15, 0.2) is 58.5 Å². The lowest BCUT2D eigenvalue weighted by atomic mass is 9.71. The van der Waals surface area contributed by atoms with Crippen LogP contribution < -0.4 is 0 Å². The number of rotatable bonds is 4. The fourth-order valence-corrected chi connectivity index (χ4v) is 5.45. The number of alkyl halides is 3. The molecule has 4 nitrogen and oxygen atoms in total. The molecule has 4 rings (SSSR count). The highest BCUT2D eigenvalue weighted by Gasteiger charge is 2.56. The molecule has 31 heavy (non-hydrogen) atoms. The number of aliphatic imine (C=N–C) groups is 1. The molecule has 2 heterocycles. The number of aryl methyl sites for hydroxylation is 1. The van der Waals surface area contributed by atoms with Crippen molar-refractivity contribution >= 4 is 34.6 Å². The molecule has 0 amide bonds. The monoisotopic (exact) mass is 445 g/mol. The quantitative estimate of drug-likeness (QED) is 0.518. The molecule has 2 unspecified atom stereocenters. The molecule has 0 saturated heterocycles. The number of benzene rings is 2. The highest BCUT2D eigenvalue weighted by atomic mass is 32.2. The topological polar surface area (TPSA) is 58.4 Å². The van der Waals surface area contributed by atoms with Gasteiger partial charge in [0, 0.05) is 22.7 Å². The molecule has 2 aromatic carbocycles. The van der Waals surface area contributed by atoms with Crippen LogP contribution in [-0.4, -0.2) is 38.8 Å². The Morgan fingerprint density at radius 1 is 1.19 bits per heavy atom. The van der Waals surface area contributed by atoms with Gasteiger partial charge in [-0.2, -0.15) is 13.2 Å². The third-order valence-electron chi connectivity index (χ3n) is 5.74. The van der Waals surface area contributed by atoms with Crippen molar-refractivity contribution < 1.29 is 18.3 Å². The maximum absolute atomic E-state index is 14.1. The van der Waals surface area contributed by atoms with Crippen LogP contribution in [0.25, 0.3) is 10.9 Å². The highest BCUT2D eigenvalue weighted by Crippen LogP contribution is 2.48. The minimum Gasteiger partial charge on any atom is -0.376 e. The Labute approximate surface area is 182 Å². The van der Waals surface area contributed by atoms with Gasteiger partial charge in [-0.15, -0.1) is 11.8 Å². The Balaban J connectivity index is 1.74. The summed E-state index contributed by atoms with van der Waals surface area (Å²) in [5, 5.41) is 11.4. The van der Waals surface area contributed by atoms with E-state index in [1.165, 1.54) is 6.20 Å². The molecule has 162 valence electrons. The zero-order valence-corrected chi connectivity index (χ0v) is 18.0. The molecule has 8 heteroatoms. The van der Waals surface area contributed by atoms with Crippen molar-refractivity contribution in [1.29, 1.82) is 0 Å². The summed E-state index contributed by atoms with van der Waals surface area (Å²) in [5.74, 6) is 1.25. The minimum absolute atomic E-state index is 0.282. The van der Waals surface area contributed by atoms with E-state index in [4.69, 9.17) is 0 Å². The Hall–Kier alpha value is -2.45. The van der Waals surface area contributed by atoms with Crippen LogP contribution in [0.5, 0.6) is 0 Å². The maximum Gasteiger partial charge on any atom is 0.422 e. The molecular weight excluding hydrogens is 423 g/mol. The first-order valence-corrected chi connectivity index (χ1v) is 10.9. The molecular formula is C23H22F3N3OS. The molecule has 0 saturated carbocycles. The van der Waals surface area contributed by atoms with E-state index in [-0.39, 0.29) is 5.69 Å². The molecule has 0 radical (unpaired) electrons. The standard InChI is InChI=1S/C23H22F3N3OS/c1-15-27-12-16-18(7-5-8-19(16)29-15)28-14-22(30,23(24,25)26)13-21(2)10-11-31-20-9-4-3-6-17(20)21/h3-9,12,14,30H,10-11,13H2,1-2H3/b28-14+. The third kappa shape index (κ3) is 4.19. The summed E-state index contributed by atoms with van der Waals surface area (Å²) in [6.45, 7) is 3.52. The second kappa shape index (κ2) is 7.91. The summed E-state index contributed by atoms with van der Waals surface area (Å²) < 4.78 is 42.3. The fourth-order valence-electron chi connectivity index (χ4n) is 4.03. The first-order valence-electron chi connectivity index (χ1n) is 9.90. The van der Waals surface area contributed by atoms with Crippen molar-refractivity contribution in [2.45, 2.75) is 48.8 Å². The van der Waals surface area contributed by atoms with E-state index < -0.39 is 23.6 Å². The predicted molar refractivity (Wildman–Crippen MR) is 117 cm³/mol. The summed E-state index contributed by atoms with van der Waals surface area (Å²) >= 11 is 1.63. The van der Waals surface area contributed by atoms with Crippen molar-refractivity contribution in [3.8, 4) is 0 Å². The number of aliphatic hydroxyl groups is 1. The SMILES string of the molecule is Cc1ncc2c(/N=C/C(O)(CC3(C)CCSc4ccccc43)C(F)(F)F)cccc2n1. The molecule has 3 aromatic rings. The lowest BCUT2D eigenvalue weighted by Gasteiger charge is -2.41. The summed E-state index contributed by atoms with van der Waals surface area (Å²) in [5.41, 5.74) is -2.22. The molecule has 0 bridgehead atoms. The first-order chi connectivity index (χ1) is 14.6. The van der Waals surface area contributed by atoms with Gasteiger partial charge in [0.1, 0.15) is 5.82 Å². The van der Waals surface area contributed by atoms with E-state index in [0.29, 0.717) is 35.1 Å². The Bertz CT molecular complexity index is 1150. The van der Waals surface area contributed by atoms with Gasteiger partial charge in [-0.3, -0.25) is 4.99 Å². The van der Waals surface area contributed by atoms with E-state index in [1.54, 1.807) is 43.8 Å². The molecule has 1 N–H and O–H groups in total. The van der Waals surface area contributed by atoms with Gasteiger partial charge < -0.3 is 5.11 Å². The van der Waals surface area contributed by atoms with Gasteiger partial charge >= 0.3 is 6.18 Å². The lowest BCUT2D eigenvalue weighted by molar-refractivity contribution is -0.235. The van der Waals surface area contributed by atoms with Crippen LogP contribution in [0, 0.1) is 6.92 Å². The number of aromatic nitrogens is 2. The van der Waals surface area contributed by atoms with Gasteiger partial charge in [0.15, 0.2) is 5.60 Å². The Morgan fingerprint density at radius 2 is 1.97 bits per heavy atom. The summed E-state index contributed by atoms with van der Waals surface area (Å²) in [6.07, 6.45) is -2.69. The summed E-state index contributed by atoms with van der Waals surface area (Å²) in [7, 11) is 0. The van der Waals surface area contributed by atoms with Crippen molar-refractivity contribution in [3.63, 3.8) is 0 Å². The minimum atomic E-state index is -4.88. The summed E-state index contributed by atoms with van der Waals surface area (Å²) in [4.78, 5) is 13.4. The number of thioether (sulfide) groups is 1. The molecule has 0 fully saturated rings. The van der Waals surface area contributed by atoms with Gasteiger partial charge in [0.25, 0.3) is 0 Å². The maximum atomic E-state index is 14.1. The van der Waals surface area contributed by atoms with Gasteiger partial charge in [0.2, 0.25) is 0 Å². The third-order valence-corrected chi connectivity index (χ3v) is 6.81. The second-order valence-electron chi connectivity index (χ2n) is 8.14. The number of hydrogen-bond donors (Lipinski definition) is 1. The number of nitrogens with zero attached hydrogens (tertiary/aromatic N) is 3. The number of fused-ring (bicyclic) bond motifs is 2. The predicted octanol–water partition coefficient (Wildman–Crippen LogP) is 5.78. The Kier molecular flexibility index (Phi) is 5.55. The average molecular weight is 446 g/mol. The fraction of sp³-hybridized carbons (Fsp3) is 0.348. The van der Waals surface area contributed by atoms with E-state index in [2.05, 4.69) is 15.0 Å². The van der Waals surface area contributed by atoms with Crippen LogP contribution >= 0.6 is 11.8 Å².